The molecule has 1 heterocycles. The average Bonchev–Trinajstić information content (AvgIpc) is 2.71. The minimum absolute atomic E-state index is 0.0360. The molecule has 3 atom stereocenters. The SMILES string of the molecule is COc1cc(CCCO)c(OC(C)C(C)=O)cc1OCCCN1C(C)CCCC1C. The molecule has 0 aromatic heterocycles. The van der Waals surface area contributed by atoms with Crippen molar-refractivity contribution in [3.8, 4) is 17.2 Å². The maximum Gasteiger partial charge on any atom is 0.169 e. The summed E-state index contributed by atoms with van der Waals surface area (Å²) in [6.45, 7) is 9.57. The number of methoxy groups -OCH3 is 1. The van der Waals surface area contributed by atoms with E-state index in [-0.39, 0.29) is 12.4 Å². The van der Waals surface area contributed by atoms with Crippen LogP contribution in [0.5, 0.6) is 17.2 Å². The van der Waals surface area contributed by atoms with Gasteiger partial charge in [-0.05, 0) is 71.4 Å². The largest absolute Gasteiger partial charge is 0.493 e. The van der Waals surface area contributed by atoms with Gasteiger partial charge in [0.2, 0.25) is 0 Å². The molecule has 1 aromatic carbocycles. The first kappa shape index (κ1) is 24.5. The van der Waals surface area contributed by atoms with Crippen molar-refractivity contribution in [2.75, 3.05) is 26.9 Å². The van der Waals surface area contributed by atoms with E-state index in [1.165, 1.54) is 26.2 Å². The number of ether oxygens (including phenoxy) is 3. The van der Waals surface area contributed by atoms with Crippen LogP contribution in [0, 0.1) is 0 Å². The molecule has 30 heavy (non-hydrogen) atoms. The number of rotatable bonds is 12. The molecular formula is C24H39NO5. The van der Waals surface area contributed by atoms with Crippen molar-refractivity contribution in [3.05, 3.63) is 17.7 Å². The molecule has 6 nitrogen and oxygen atoms in total. The van der Waals surface area contributed by atoms with Gasteiger partial charge in [0.05, 0.1) is 13.7 Å². The predicted octanol–water partition coefficient (Wildman–Crippen LogP) is 4.01. The summed E-state index contributed by atoms with van der Waals surface area (Å²) in [5.41, 5.74) is 0.900. The number of aryl methyl sites for hydroxylation is 1. The number of hydrogen-bond donors (Lipinski definition) is 1. The molecule has 3 unspecified atom stereocenters. The Balaban J connectivity index is 2.06. The number of carbonyl (C=O) groups is 1. The van der Waals surface area contributed by atoms with Crippen LogP contribution < -0.4 is 14.2 Å². The van der Waals surface area contributed by atoms with Gasteiger partial charge < -0.3 is 19.3 Å². The van der Waals surface area contributed by atoms with Gasteiger partial charge in [0.15, 0.2) is 23.4 Å². The lowest BCUT2D eigenvalue weighted by Crippen LogP contribution is -2.44. The highest BCUT2D eigenvalue weighted by molar-refractivity contribution is 5.80. The maximum atomic E-state index is 11.7. The van der Waals surface area contributed by atoms with E-state index >= 15 is 0 Å². The van der Waals surface area contributed by atoms with E-state index in [1.54, 1.807) is 14.0 Å². The molecule has 0 aliphatic carbocycles. The van der Waals surface area contributed by atoms with E-state index < -0.39 is 6.10 Å². The van der Waals surface area contributed by atoms with Gasteiger partial charge in [-0.1, -0.05) is 6.42 Å². The quantitative estimate of drug-likeness (QED) is 0.515. The molecule has 1 saturated heterocycles. The fourth-order valence-corrected chi connectivity index (χ4v) is 4.05. The lowest BCUT2D eigenvalue weighted by atomic mass is 9.97. The molecule has 1 aliphatic rings. The van der Waals surface area contributed by atoms with E-state index in [0.717, 1.165) is 18.5 Å². The lowest BCUT2D eigenvalue weighted by Gasteiger charge is -2.39. The molecule has 2 rings (SSSR count). The van der Waals surface area contributed by atoms with Crippen molar-refractivity contribution >= 4 is 5.78 Å². The van der Waals surface area contributed by atoms with Crippen molar-refractivity contribution in [1.29, 1.82) is 0 Å². The third-order valence-corrected chi connectivity index (χ3v) is 6.02. The summed E-state index contributed by atoms with van der Waals surface area (Å²) in [7, 11) is 1.62. The first-order valence-corrected chi connectivity index (χ1v) is 11.2. The Morgan fingerprint density at radius 2 is 1.87 bits per heavy atom. The zero-order valence-corrected chi connectivity index (χ0v) is 19.3. The fourth-order valence-electron chi connectivity index (χ4n) is 4.05. The van der Waals surface area contributed by atoms with Gasteiger partial charge in [0.1, 0.15) is 5.75 Å². The van der Waals surface area contributed by atoms with Crippen molar-refractivity contribution in [2.24, 2.45) is 0 Å². The van der Waals surface area contributed by atoms with Crippen LogP contribution in [0.1, 0.15) is 65.4 Å². The van der Waals surface area contributed by atoms with Crippen molar-refractivity contribution < 1.29 is 24.1 Å². The summed E-state index contributed by atoms with van der Waals surface area (Å²) in [6, 6.07) is 4.96. The van der Waals surface area contributed by atoms with Crippen molar-refractivity contribution in [2.45, 2.75) is 84.4 Å². The smallest absolute Gasteiger partial charge is 0.169 e. The number of ketones is 1. The molecular weight excluding hydrogens is 382 g/mol. The Bertz CT molecular complexity index is 668. The Labute approximate surface area is 181 Å². The molecule has 0 radical (unpaired) electrons. The second kappa shape index (κ2) is 12.2. The Morgan fingerprint density at radius 1 is 1.17 bits per heavy atom. The van der Waals surface area contributed by atoms with E-state index in [0.29, 0.717) is 48.8 Å². The molecule has 1 aromatic rings. The van der Waals surface area contributed by atoms with Crippen LogP contribution in [0.2, 0.25) is 0 Å². The summed E-state index contributed by atoms with van der Waals surface area (Å²) in [5.74, 6) is 1.84. The zero-order chi connectivity index (χ0) is 22.1. The monoisotopic (exact) mass is 421 g/mol. The third kappa shape index (κ3) is 6.88. The molecule has 1 N–H and O–H groups in total. The third-order valence-electron chi connectivity index (χ3n) is 6.02. The summed E-state index contributed by atoms with van der Waals surface area (Å²) in [5, 5.41) is 9.20. The van der Waals surface area contributed by atoms with Crippen LogP contribution in [-0.2, 0) is 11.2 Å². The topological polar surface area (TPSA) is 68.2 Å². The van der Waals surface area contributed by atoms with E-state index in [4.69, 9.17) is 14.2 Å². The summed E-state index contributed by atoms with van der Waals surface area (Å²) in [6.07, 6.45) is 5.49. The molecule has 0 amide bonds. The van der Waals surface area contributed by atoms with E-state index in [9.17, 15) is 9.90 Å². The van der Waals surface area contributed by atoms with Gasteiger partial charge in [-0.3, -0.25) is 9.69 Å². The summed E-state index contributed by atoms with van der Waals surface area (Å²) < 4.78 is 17.5. The van der Waals surface area contributed by atoms with Crippen LogP contribution in [0.25, 0.3) is 0 Å². The van der Waals surface area contributed by atoms with Gasteiger partial charge in [-0.15, -0.1) is 0 Å². The molecule has 0 saturated carbocycles. The molecule has 170 valence electrons. The Kier molecular flexibility index (Phi) is 9.92. The Morgan fingerprint density at radius 3 is 2.47 bits per heavy atom. The molecule has 0 bridgehead atoms. The van der Waals surface area contributed by atoms with Gasteiger partial charge in [-0.25, -0.2) is 0 Å². The number of benzene rings is 1. The first-order chi connectivity index (χ1) is 14.4. The van der Waals surface area contributed by atoms with E-state index in [1.807, 2.05) is 12.1 Å². The second-order valence-corrected chi connectivity index (χ2v) is 8.38. The number of aliphatic hydroxyl groups is 1. The minimum Gasteiger partial charge on any atom is -0.493 e. The van der Waals surface area contributed by atoms with E-state index in [2.05, 4.69) is 18.7 Å². The number of Topliss-reactive ketones (excluding diaryl/α,β-unsaturated/α-hetero) is 1. The number of aliphatic hydroxyl groups excluding tert-OH is 1. The number of piperidine rings is 1. The number of likely N-dealkylation sites (tertiary alicyclic amines) is 1. The average molecular weight is 422 g/mol. The van der Waals surface area contributed by atoms with Gasteiger partial charge >= 0.3 is 0 Å². The standard InChI is InChI=1S/C24H39NO5/c1-17-9-6-10-18(2)25(17)12-8-14-29-24-16-22(30-20(4)19(3)27)21(11-7-13-26)15-23(24)28-5/h15-18,20,26H,6-14H2,1-5H3. The highest BCUT2D eigenvalue weighted by Crippen LogP contribution is 2.36. The summed E-state index contributed by atoms with van der Waals surface area (Å²) in [4.78, 5) is 14.2. The summed E-state index contributed by atoms with van der Waals surface area (Å²) >= 11 is 0. The van der Waals surface area contributed by atoms with Gasteiger partial charge in [0.25, 0.3) is 0 Å². The number of carbonyl (C=O) groups excluding carboxylic acids is 1. The molecule has 6 heteroatoms. The van der Waals surface area contributed by atoms with Crippen LogP contribution in [0.3, 0.4) is 0 Å². The van der Waals surface area contributed by atoms with Gasteiger partial charge in [0, 0.05) is 31.3 Å². The molecule has 1 fully saturated rings. The lowest BCUT2D eigenvalue weighted by molar-refractivity contribution is -0.122. The fraction of sp³-hybridized carbons (Fsp3) is 0.708. The Hall–Kier alpha value is -1.79. The van der Waals surface area contributed by atoms with Crippen LogP contribution in [-0.4, -0.2) is 60.8 Å². The van der Waals surface area contributed by atoms with Crippen LogP contribution in [0.4, 0.5) is 0 Å². The highest BCUT2D eigenvalue weighted by Gasteiger charge is 2.24. The first-order valence-electron chi connectivity index (χ1n) is 11.2. The normalized spacial score (nSPS) is 20.6. The molecule has 0 spiro atoms. The van der Waals surface area contributed by atoms with Gasteiger partial charge in [-0.2, -0.15) is 0 Å². The maximum absolute atomic E-state index is 11.7. The van der Waals surface area contributed by atoms with Crippen molar-refractivity contribution in [1.82, 2.24) is 4.90 Å². The number of nitrogens with zero attached hydrogens (tertiary/aromatic N) is 1. The number of hydrogen-bond acceptors (Lipinski definition) is 6. The zero-order valence-electron chi connectivity index (χ0n) is 19.3. The molecule has 1 aliphatic heterocycles. The highest BCUT2D eigenvalue weighted by atomic mass is 16.5. The van der Waals surface area contributed by atoms with Crippen molar-refractivity contribution in [3.63, 3.8) is 0 Å². The van der Waals surface area contributed by atoms with Crippen LogP contribution in [0.15, 0.2) is 12.1 Å². The van der Waals surface area contributed by atoms with Crippen LogP contribution >= 0.6 is 0 Å². The minimum atomic E-state index is -0.541. The second-order valence-electron chi connectivity index (χ2n) is 8.38. The predicted molar refractivity (Wildman–Crippen MR) is 119 cm³/mol.